The minimum absolute atomic E-state index is 0.0122. The number of sulfone groups is 1. The first-order valence-corrected chi connectivity index (χ1v) is 16.4. The molecular weight excluding hydrogens is 590 g/mol. The van der Waals surface area contributed by atoms with Gasteiger partial charge in [-0.1, -0.05) is 44.5 Å². The van der Waals surface area contributed by atoms with E-state index in [9.17, 15) is 31.9 Å². The highest BCUT2D eigenvalue weighted by molar-refractivity contribution is 7.91. The SMILES string of the molecule is CCCCS(=O)(=O)C[C@@H](NC(=O)c1ccncc1)C(=O)N(Cc1cccc(CC)c1)C[C@@H](O)[C@@H](N)Cc1cc(F)cc(F)c1. The lowest BCUT2D eigenvalue weighted by molar-refractivity contribution is -0.135. The van der Waals surface area contributed by atoms with E-state index in [2.05, 4.69) is 10.3 Å². The fourth-order valence-electron chi connectivity index (χ4n) is 4.74. The Kier molecular flexibility index (Phi) is 12.9. The van der Waals surface area contributed by atoms with Gasteiger partial charge in [0.2, 0.25) is 5.91 Å². The minimum Gasteiger partial charge on any atom is -0.390 e. The average molecular weight is 631 g/mol. The maximum atomic E-state index is 14.1. The highest BCUT2D eigenvalue weighted by Crippen LogP contribution is 2.16. The van der Waals surface area contributed by atoms with Crippen LogP contribution in [0.1, 0.15) is 53.7 Å². The second-order valence-electron chi connectivity index (χ2n) is 10.8. The Morgan fingerprint density at radius 3 is 2.30 bits per heavy atom. The number of aliphatic hydroxyl groups is 1. The van der Waals surface area contributed by atoms with Crippen LogP contribution in [0.4, 0.5) is 8.78 Å². The molecule has 0 aliphatic heterocycles. The second-order valence-corrected chi connectivity index (χ2v) is 13.1. The van der Waals surface area contributed by atoms with Gasteiger partial charge in [0.05, 0.1) is 17.6 Å². The predicted octanol–water partition coefficient (Wildman–Crippen LogP) is 3.20. The zero-order valence-electron chi connectivity index (χ0n) is 25.0. The first-order chi connectivity index (χ1) is 20.9. The molecule has 0 radical (unpaired) electrons. The zero-order valence-corrected chi connectivity index (χ0v) is 25.8. The van der Waals surface area contributed by atoms with Crippen LogP contribution >= 0.6 is 0 Å². The normalized spacial score (nSPS) is 13.6. The van der Waals surface area contributed by atoms with E-state index in [0.717, 1.165) is 35.7 Å². The Labute approximate surface area is 257 Å². The number of aryl methyl sites for hydroxylation is 1. The summed E-state index contributed by atoms with van der Waals surface area (Å²) in [5.74, 6) is -3.75. The lowest BCUT2D eigenvalue weighted by Gasteiger charge is -2.31. The van der Waals surface area contributed by atoms with Crippen LogP contribution in [0.2, 0.25) is 0 Å². The van der Waals surface area contributed by atoms with Crippen LogP contribution in [0, 0.1) is 11.6 Å². The number of aliphatic hydroxyl groups excluding tert-OH is 1. The van der Waals surface area contributed by atoms with Crippen LogP contribution in [-0.2, 0) is 34.0 Å². The number of pyridine rings is 1. The molecule has 2 amide bonds. The number of nitrogens with zero attached hydrogens (tertiary/aromatic N) is 2. The van der Waals surface area contributed by atoms with Crippen molar-refractivity contribution < 1.29 is 31.9 Å². The molecule has 238 valence electrons. The number of benzene rings is 2. The summed E-state index contributed by atoms with van der Waals surface area (Å²) in [5.41, 5.74) is 8.37. The molecule has 1 aromatic heterocycles. The van der Waals surface area contributed by atoms with Gasteiger partial charge in [-0.25, -0.2) is 17.2 Å². The van der Waals surface area contributed by atoms with Crippen LogP contribution in [0.25, 0.3) is 0 Å². The van der Waals surface area contributed by atoms with Crippen molar-refractivity contribution in [3.63, 3.8) is 0 Å². The molecule has 0 spiro atoms. The quantitative estimate of drug-likeness (QED) is 0.221. The molecule has 0 saturated carbocycles. The Morgan fingerprint density at radius 2 is 1.66 bits per heavy atom. The van der Waals surface area contributed by atoms with E-state index in [1.807, 2.05) is 32.0 Å². The number of carbonyl (C=O) groups is 2. The number of amides is 2. The molecule has 2 aromatic carbocycles. The van der Waals surface area contributed by atoms with E-state index >= 15 is 0 Å². The number of nitrogens with one attached hydrogen (secondary N) is 1. The van der Waals surface area contributed by atoms with E-state index in [4.69, 9.17) is 5.73 Å². The molecule has 12 heteroatoms. The summed E-state index contributed by atoms with van der Waals surface area (Å²) in [7, 11) is -3.76. The third kappa shape index (κ3) is 10.8. The van der Waals surface area contributed by atoms with E-state index in [1.165, 1.54) is 29.4 Å². The molecule has 4 N–H and O–H groups in total. The van der Waals surface area contributed by atoms with Crippen molar-refractivity contribution in [1.82, 2.24) is 15.2 Å². The predicted molar refractivity (Wildman–Crippen MR) is 164 cm³/mol. The summed E-state index contributed by atoms with van der Waals surface area (Å²) in [6.45, 7) is 3.48. The Hall–Kier alpha value is -3.74. The van der Waals surface area contributed by atoms with Gasteiger partial charge in [0, 0.05) is 43.2 Å². The average Bonchev–Trinajstić information content (AvgIpc) is 2.98. The molecule has 0 saturated heterocycles. The number of hydrogen-bond acceptors (Lipinski definition) is 7. The van der Waals surface area contributed by atoms with Gasteiger partial charge >= 0.3 is 0 Å². The maximum Gasteiger partial charge on any atom is 0.252 e. The summed E-state index contributed by atoms with van der Waals surface area (Å²) in [6, 6.07) is 10.8. The van der Waals surface area contributed by atoms with E-state index in [1.54, 1.807) is 6.07 Å². The summed E-state index contributed by atoms with van der Waals surface area (Å²) in [5, 5.41) is 13.7. The summed E-state index contributed by atoms with van der Waals surface area (Å²) < 4.78 is 53.5. The first-order valence-electron chi connectivity index (χ1n) is 14.6. The van der Waals surface area contributed by atoms with Crippen molar-refractivity contribution >= 4 is 21.7 Å². The third-order valence-electron chi connectivity index (χ3n) is 7.16. The first kappa shape index (κ1) is 34.7. The number of carbonyl (C=O) groups excluding carboxylic acids is 2. The van der Waals surface area contributed by atoms with E-state index in [-0.39, 0.29) is 36.4 Å². The Balaban J connectivity index is 1.93. The molecule has 0 aliphatic rings. The summed E-state index contributed by atoms with van der Waals surface area (Å²) >= 11 is 0. The molecule has 1 heterocycles. The van der Waals surface area contributed by atoms with Crippen molar-refractivity contribution in [2.24, 2.45) is 5.73 Å². The van der Waals surface area contributed by atoms with Crippen LogP contribution in [-0.4, -0.2) is 71.5 Å². The molecule has 0 bridgehead atoms. The molecule has 0 fully saturated rings. The molecule has 3 atom stereocenters. The monoisotopic (exact) mass is 630 g/mol. The van der Waals surface area contributed by atoms with E-state index in [0.29, 0.717) is 12.8 Å². The van der Waals surface area contributed by atoms with Gasteiger partial charge in [0.15, 0.2) is 9.84 Å². The van der Waals surface area contributed by atoms with Crippen LogP contribution in [0.5, 0.6) is 0 Å². The van der Waals surface area contributed by atoms with Crippen molar-refractivity contribution in [3.05, 3.63) is 101 Å². The molecule has 3 rings (SSSR count). The van der Waals surface area contributed by atoms with Crippen LogP contribution in [0.15, 0.2) is 67.0 Å². The molecule has 9 nitrogen and oxygen atoms in total. The number of halogens is 2. The molecular formula is C32H40F2N4O5S. The molecule has 44 heavy (non-hydrogen) atoms. The van der Waals surface area contributed by atoms with Crippen molar-refractivity contribution in [2.75, 3.05) is 18.1 Å². The highest BCUT2D eigenvalue weighted by Gasteiger charge is 2.33. The lowest BCUT2D eigenvalue weighted by Crippen LogP contribution is -2.54. The smallest absolute Gasteiger partial charge is 0.252 e. The fraction of sp³-hybridized carbons (Fsp3) is 0.406. The van der Waals surface area contributed by atoms with Gasteiger partial charge in [0.1, 0.15) is 17.7 Å². The zero-order chi connectivity index (χ0) is 32.3. The van der Waals surface area contributed by atoms with Gasteiger partial charge in [-0.15, -0.1) is 0 Å². The highest BCUT2D eigenvalue weighted by atomic mass is 32.2. The summed E-state index contributed by atoms with van der Waals surface area (Å²) in [4.78, 5) is 32.3. The van der Waals surface area contributed by atoms with E-state index < -0.39 is 57.2 Å². The van der Waals surface area contributed by atoms with Gasteiger partial charge in [-0.2, -0.15) is 0 Å². The van der Waals surface area contributed by atoms with Gasteiger partial charge < -0.3 is 21.1 Å². The maximum absolute atomic E-state index is 14.1. The lowest BCUT2D eigenvalue weighted by atomic mass is 10.0. The van der Waals surface area contributed by atoms with Gasteiger partial charge in [-0.3, -0.25) is 14.6 Å². The number of hydrogen-bond donors (Lipinski definition) is 3. The number of aromatic nitrogens is 1. The number of nitrogens with two attached hydrogens (primary N) is 1. The Morgan fingerprint density at radius 1 is 1.00 bits per heavy atom. The largest absolute Gasteiger partial charge is 0.390 e. The van der Waals surface area contributed by atoms with Crippen LogP contribution in [0.3, 0.4) is 0 Å². The molecule has 0 aliphatic carbocycles. The van der Waals surface area contributed by atoms with Gasteiger partial charge in [-0.05, 0) is 60.2 Å². The van der Waals surface area contributed by atoms with Crippen LogP contribution < -0.4 is 11.1 Å². The van der Waals surface area contributed by atoms with Crippen molar-refractivity contribution in [2.45, 2.75) is 64.3 Å². The molecule has 3 aromatic rings. The third-order valence-corrected chi connectivity index (χ3v) is 8.91. The standard InChI is InChI=1S/C32H40F2N4O5S/c1-3-5-13-44(42,43)21-29(37-31(40)25-9-11-36-12-10-25)32(41)38(19-23-8-6-7-22(4-2)14-23)20-30(39)28(35)17-24-15-26(33)18-27(34)16-24/h6-12,14-16,18,28-30,39H,3-5,13,17,19-21,35H2,1-2H3,(H,37,40)/t28-,29+,30+/m0/s1. The number of rotatable bonds is 16. The Bertz CT molecular complexity index is 1490. The van der Waals surface area contributed by atoms with Gasteiger partial charge in [0.25, 0.3) is 5.91 Å². The van der Waals surface area contributed by atoms with Crippen molar-refractivity contribution in [3.8, 4) is 0 Å². The van der Waals surface area contributed by atoms with Crippen molar-refractivity contribution in [1.29, 1.82) is 0 Å². The minimum atomic E-state index is -3.76. The topological polar surface area (TPSA) is 143 Å². The summed E-state index contributed by atoms with van der Waals surface area (Å²) in [6.07, 6.45) is 3.12. The molecule has 0 unspecified atom stereocenters. The fourth-order valence-corrected chi connectivity index (χ4v) is 6.37. The number of unbranched alkanes of at least 4 members (excludes halogenated alkanes) is 1. The second kappa shape index (κ2) is 16.4.